The molecule has 0 heterocycles. The second-order valence-corrected chi connectivity index (χ2v) is 6.43. The number of likely N-dealkylation sites (N-methyl/N-ethyl adjacent to an activating group) is 1. The van der Waals surface area contributed by atoms with Crippen LogP contribution >= 0.6 is 0 Å². The smallest absolute Gasteiger partial charge is 0.338 e. The summed E-state index contributed by atoms with van der Waals surface area (Å²) in [5, 5.41) is 5.56. The molecular weight excluding hydrogens is 386 g/mol. The molecule has 2 aromatic carbocycles. The van der Waals surface area contributed by atoms with E-state index in [-0.39, 0.29) is 24.9 Å². The predicted molar refractivity (Wildman–Crippen MR) is 115 cm³/mol. The summed E-state index contributed by atoms with van der Waals surface area (Å²) in [4.78, 5) is 38.0. The predicted octanol–water partition coefficient (Wildman–Crippen LogP) is 2.77. The minimum Gasteiger partial charge on any atom is -0.497 e. The lowest BCUT2D eigenvalue weighted by molar-refractivity contribution is -0.119. The standard InChI is InChI=1S/C22H27N3O5/c1-4-25(15-21(27)24-18-10-12-19(29-3)13-11-18)14-20(26)23-17-8-6-16(7-9-17)22(28)30-5-2/h6-13H,4-5,14-15H2,1-3H3,(H,23,26)(H,24,27). The first-order valence-corrected chi connectivity index (χ1v) is 9.68. The number of anilines is 2. The number of nitrogens with zero attached hydrogens (tertiary/aromatic N) is 1. The first kappa shape index (κ1) is 22.9. The molecule has 0 radical (unpaired) electrons. The molecule has 2 amide bonds. The van der Waals surface area contributed by atoms with E-state index in [4.69, 9.17) is 9.47 Å². The van der Waals surface area contributed by atoms with E-state index in [2.05, 4.69) is 10.6 Å². The second-order valence-electron chi connectivity index (χ2n) is 6.43. The Labute approximate surface area is 176 Å². The molecular formula is C22H27N3O5. The maximum Gasteiger partial charge on any atom is 0.338 e. The molecule has 8 heteroatoms. The zero-order chi connectivity index (χ0) is 21.9. The highest BCUT2D eigenvalue weighted by Crippen LogP contribution is 2.15. The van der Waals surface area contributed by atoms with E-state index in [0.717, 1.165) is 0 Å². The van der Waals surface area contributed by atoms with E-state index < -0.39 is 5.97 Å². The van der Waals surface area contributed by atoms with E-state index in [1.54, 1.807) is 67.5 Å². The van der Waals surface area contributed by atoms with Crippen LogP contribution in [-0.2, 0) is 14.3 Å². The molecule has 0 aliphatic rings. The molecule has 2 aromatic rings. The van der Waals surface area contributed by atoms with Crippen LogP contribution in [0.3, 0.4) is 0 Å². The summed E-state index contributed by atoms with van der Waals surface area (Å²) in [6.45, 7) is 4.59. The molecule has 0 saturated heterocycles. The Morgan fingerprint density at radius 3 is 1.77 bits per heavy atom. The van der Waals surface area contributed by atoms with Gasteiger partial charge in [0.05, 0.1) is 32.4 Å². The maximum absolute atomic E-state index is 12.3. The summed E-state index contributed by atoms with van der Waals surface area (Å²) in [5.41, 5.74) is 1.63. The average molecular weight is 413 g/mol. The van der Waals surface area contributed by atoms with Crippen LogP contribution in [0.2, 0.25) is 0 Å². The molecule has 0 atom stereocenters. The highest BCUT2D eigenvalue weighted by Gasteiger charge is 2.14. The SMILES string of the molecule is CCOC(=O)c1ccc(NC(=O)CN(CC)CC(=O)Nc2ccc(OC)cc2)cc1. The van der Waals surface area contributed by atoms with Gasteiger partial charge < -0.3 is 20.1 Å². The quantitative estimate of drug-likeness (QED) is 0.582. The van der Waals surface area contributed by atoms with Crippen LogP contribution < -0.4 is 15.4 Å². The number of benzene rings is 2. The molecule has 0 unspecified atom stereocenters. The Balaban J connectivity index is 1.84. The normalized spacial score (nSPS) is 10.4. The van der Waals surface area contributed by atoms with E-state index in [1.165, 1.54) is 0 Å². The Hall–Kier alpha value is -3.39. The Kier molecular flexibility index (Phi) is 8.83. The summed E-state index contributed by atoms with van der Waals surface area (Å²) >= 11 is 0. The number of amides is 2. The van der Waals surface area contributed by atoms with Crippen molar-refractivity contribution in [2.45, 2.75) is 13.8 Å². The number of hydrogen-bond acceptors (Lipinski definition) is 6. The van der Waals surface area contributed by atoms with Crippen molar-refractivity contribution in [2.24, 2.45) is 0 Å². The lowest BCUT2D eigenvalue weighted by Crippen LogP contribution is -2.38. The molecule has 2 N–H and O–H groups in total. The molecule has 8 nitrogen and oxygen atoms in total. The van der Waals surface area contributed by atoms with Crippen LogP contribution in [0.1, 0.15) is 24.2 Å². The van der Waals surface area contributed by atoms with E-state index in [1.807, 2.05) is 6.92 Å². The third-order valence-corrected chi connectivity index (χ3v) is 4.24. The van der Waals surface area contributed by atoms with Gasteiger partial charge in [0.15, 0.2) is 0 Å². The van der Waals surface area contributed by atoms with Gasteiger partial charge in [0.1, 0.15) is 5.75 Å². The van der Waals surface area contributed by atoms with Gasteiger partial charge in [-0.25, -0.2) is 4.79 Å². The lowest BCUT2D eigenvalue weighted by Gasteiger charge is -2.19. The number of nitrogens with one attached hydrogen (secondary N) is 2. The maximum atomic E-state index is 12.3. The van der Waals surface area contributed by atoms with E-state index in [0.29, 0.717) is 35.8 Å². The van der Waals surface area contributed by atoms with Crippen molar-refractivity contribution in [3.63, 3.8) is 0 Å². The fourth-order valence-electron chi connectivity index (χ4n) is 2.67. The van der Waals surface area contributed by atoms with Crippen LogP contribution in [0, 0.1) is 0 Å². The van der Waals surface area contributed by atoms with Crippen molar-refractivity contribution in [3.8, 4) is 5.75 Å². The summed E-state index contributed by atoms with van der Waals surface area (Å²) in [7, 11) is 1.58. The Morgan fingerprint density at radius 1 is 0.833 bits per heavy atom. The first-order valence-electron chi connectivity index (χ1n) is 9.68. The second kappa shape index (κ2) is 11.6. The molecule has 2 rings (SSSR count). The largest absolute Gasteiger partial charge is 0.497 e. The fraction of sp³-hybridized carbons (Fsp3) is 0.318. The highest BCUT2D eigenvalue weighted by atomic mass is 16.5. The van der Waals surface area contributed by atoms with Gasteiger partial charge in [-0.15, -0.1) is 0 Å². The van der Waals surface area contributed by atoms with Crippen molar-refractivity contribution >= 4 is 29.2 Å². The minimum absolute atomic E-state index is 0.0617. The molecule has 0 spiro atoms. The van der Waals surface area contributed by atoms with Gasteiger partial charge in [0.2, 0.25) is 11.8 Å². The minimum atomic E-state index is -0.407. The van der Waals surface area contributed by atoms with Gasteiger partial charge in [-0.1, -0.05) is 6.92 Å². The van der Waals surface area contributed by atoms with Crippen LogP contribution in [-0.4, -0.2) is 56.0 Å². The first-order chi connectivity index (χ1) is 14.4. The molecule has 0 bridgehead atoms. The molecule has 0 aliphatic carbocycles. The molecule has 0 fully saturated rings. The van der Waals surface area contributed by atoms with Crippen molar-refractivity contribution in [1.82, 2.24) is 4.90 Å². The fourth-order valence-corrected chi connectivity index (χ4v) is 2.67. The van der Waals surface area contributed by atoms with Gasteiger partial charge in [0, 0.05) is 11.4 Å². The number of hydrogen-bond donors (Lipinski definition) is 2. The third kappa shape index (κ3) is 7.21. The van der Waals surface area contributed by atoms with Crippen molar-refractivity contribution in [2.75, 3.05) is 44.0 Å². The number of carbonyl (C=O) groups is 3. The van der Waals surface area contributed by atoms with Gasteiger partial charge in [0.25, 0.3) is 0 Å². The number of esters is 1. The summed E-state index contributed by atoms with van der Waals surface area (Å²) in [6.07, 6.45) is 0. The Bertz CT molecular complexity index is 850. The third-order valence-electron chi connectivity index (χ3n) is 4.24. The van der Waals surface area contributed by atoms with E-state index in [9.17, 15) is 14.4 Å². The summed E-state index contributed by atoms with van der Waals surface area (Å²) in [5.74, 6) is -0.169. The van der Waals surface area contributed by atoms with Crippen molar-refractivity contribution < 1.29 is 23.9 Å². The lowest BCUT2D eigenvalue weighted by atomic mass is 10.2. The summed E-state index contributed by atoms with van der Waals surface area (Å²) < 4.78 is 10.0. The Morgan fingerprint density at radius 2 is 1.33 bits per heavy atom. The monoisotopic (exact) mass is 413 g/mol. The average Bonchev–Trinajstić information content (AvgIpc) is 2.74. The molecule has 30 heavy (non-hydrogen) atoms. The van der Waals surface area contributed by atoms with Crippen LogP contribution in [0.4, 0.5) is 11.4 Å². The van der Waals surface area contributed by atoms with Gasteiger partial charge in [-0.05, 0) is 62.0 Å². The van der Waals surface area contributed by atoms with Crippen LogP contribution in [0.15, 0.2) is 48.5 Å². The van der Waals surface area contributed by atoms with E-state index >= 15 is 0 Å². The number of rotatable bonds is 10. The zero-order valence-corrected chi connectivity index (χ0v) is 17.4. The molecule has 160 valence electrons. The molecule has 0 aliphatic heterocycles. The van der Waals surface area contributed by atoms with Crippen molar-refractivity contribution in [3.05, 3.63) is 54.1 Å². The number of ether oxygens (including phenoxy) is 2. The van der Waals surface area contributed by atoms with Gasteiger partial charge in [-0.3, -0.25) is 14.5 Å². The molecule has 0 aromatic heterocycles. The van der Waals surface area contributed by atoms with Crippen LogP contribution in [0.5, 0.6) is 5.75 Å². The molecule has 0 saturated carbocycles. The van der Waals surface area contributed by atoms with Gasteiger partial charge >= 0.3 is 5.97 Å². The highest BCUT2D eigenvalue weighted by molar-refractivity contribution is 5.95. The van der Waals surface area contributed by atoms with Gasteiger partial charge in [-0.2, -0.15) is 0 Å². The number of carbonyl (C=O) groups excluding carboxylic acids is 3. The summed E-state index contributed by atoms with van der Waals surface area (Å²) in [6, 6.07) is 13.5. The zero-order valence-electron chi connectivity index (χ0n) is 17.4. The van der Waals surface area contributed by atoms with Crippen LogP contribution in [0.25, 0.3) is 0 Å². The topological polar surface area (TPSA) is 97.0 Å². The van der Waals surface area contributed by atoms with Crippen molar-refractivity contribution in [1.29, 1.82) is 0 Å². The number of methoxy groups -OCH3 is 1.